The molecule has 1 aliphatic heterocycles. The predicted octanol–water partition coefficient (Wildman–Crippen LogP) is 3.74. The number of rotatable bonds is 5. The molecule has 162 valence electrons. The lowest BCUT2D eigenvalue weighted by Crippen LogP contribution is -2.44. The molecule has 31 heavy (non-hydrogen) atoms. The smallest absolute Gasteiger partial charge is 0.336 e. The highest BCUT2D eigenvalue weighted by Gasteiger charge is 2.37. The van der Waals surface area contributed by atoms with Crippen LogP contribution in [0.2, 0.25) is 0 Å². The van der Waals surface area contributed by atoms with Crippen LogP contribution in [0.15, 0.2) is 33.5 Å². The van der Waals surface area contributed by atoms with E-state index in [9.17, 15) is 9.59 Å². The fourth-order valence-electron chi connectivity index (χ4n) is 4.52. The SMILES string of the molecule is Cc1ccc2c(CC(=O)N3CCn4nc(C5CC5)nc4[C@@H]3CC(C)C)cc(=O)oc2c1. The molecule has 1 amide bonds. The normalized spacial score (nSPS) is 18.6. The first kappa shape index (κ1) is 20.0. The number of nitrogens with zero attached hydrogens (tertiary/aromatic N) is 4. The van der Waals surface area contributed by atoms with E-state index in [1.807, 2.05) is 34.7 Å². The topological polar surface area (TPSA) is 81.2 Å². The third kappa shape index (κ3) is 3.89. The Morgan fingerprint density at radius 3 is 2.77 bits per heavy atom. The van der Waals surface area contributed by atoms with Gasteiger partial charge in [-0.15, -0.1) is 0 Å². The van der Waals surface area contributed by atoms with Gasteiger partial charge in [0.2, 0.25) is 5.91 Å². The van der Waals surface area contributed by atoms with E-state index >= 15 is 0 Å². The molecule has 0 unspecified atom stereocenters. The standard InChI is InChI=1S/C24H28N4O3/c1-14(2)10-19-24-25-23(16-5-6-16)26-28(24)9-8-27(19)21(29)12-17-13-22(30)31-20-11-15(3)4-7-18(17)20/h4,7,11,13-14,16,19H,5-6,8-10,12H2,1-3H3/t19-/m0/s1. The summed E-state index contributed by atoms with van der Waals surface area (Å²) in [5.74, 6) is 2.75. The number of fused-ring (bicyclic) bond motifs is 2. The summed E-state index contributed by atoms with van der Waals surface area (Å²) in [5, 5.41) is 5.54. The van der Waals surface area contributed by atoms with Crippen molar-refractivity contribution in [2.45, 2.75) is 65.0 Å². The minimum Gasteiger partial charge on any atom is -0.423 e. The van der Waals surface area contributed by atoms with Crippen molar-refractivity contribution in [3.63, 3.8) is 0 Å². The molecule has 0 N–H and O–H groups in total. The van der Waals surface area contributed by atoms with Crippen LogP contribution in [0.5, 0.6) is 0 Å². The van der Waals surface area contributed by atoms with E-state index in [0.717, 1.165) is 41.9 Å². The molecule has 0 bridgehead atoms. The number of carbonyl (C=O) groups is 1. The lowest BCUT2D eigenvalue weighted by Gasteiger charge is -2.36. The fraction of sp³-hybridized carbons (Fsp3) is 0.500. The highest BCUT2D eigenvalue weighted by Crippen LogP contribution is 2.40. The number of hydrogen-bond donors (Lipinski definition) is 0. The first-order valence-corrected chi connectivity index (χ1v) is 11.2. The van der Waals surface area contributed by atoms with Crippen molar-refractivity contribution in [3.05, 3.63) is 57.5 Å². The van der Waals surface area contributed by atoms with E-state index in [0.29, 0.717) is 36.1 Å². The summed E-state index contributed by atoms with van der Waals surface area (Å²) in [6.45, 7) is 7.55. The average molecular weight is 421 g/mol. The summed E-state index contributed by atoms with van der Waals surface area (Å²) in [6, 6.07) is 7.10. The molecule has 0 spiro atoms. The summed E-state index contributed by atoms with van der Waals surface area (Å²) in [7, 11) is 0. The average Bonchev–Trinajstić information content (AvgIpc) is 3.46. The van der Waals surface area contributed by atoms with Crippen LogP contribution in [0.4, 0.5) is 0 Å². The number of aromatic nitrogens is 3. The van der Waals surface area contributed by atoms with Crippen molar-refractivity contribution in [1.82, 2.24) is 19.7 Å². The van der Waals surface area contributed by atoms with Crippen LogP contribution < -0.4 is 5.63 Å². The molecule has 0 radical (unpaired) electrons. The van der Waals surface area contributed by atoms with Gasteiger partial charge in [0, 0.05) is 23.9 Å². The van der Waals surface area contributed by atoms with Gasteiger partial charge in [-0.1, -0.05) is 26.0 Å². The maximum Gasteiger partial charge on any atom is 0.336 e. The second-order valence-corrected chi connectivity index (χ2v) is 9.33. The Hall–Kier alpha value is -2.96. The molecule has 1 aromatic carbocycles. The van der Waals surface area contributed by atoms with Gasteiger partial charge < -0.3 is 9.32 Å². The van der Waals surface area contributed by atoms with E-state index in [1.54, 1.807) is 0 Å². The van der Waals surface area contributed by atoms with Crippen LogP contribution in [-0.2, 0) is 17.8 Å². The zero-order chi connectivity index (χ0) is 21.7. The number of hydrogen-bond acceptors (Lipinski definition) is 5. The van der Waals surface area contributed by atoms with Crippen LogP contribution in [0.25, 0.3) is 11.0 Å². The highest BCUT2D eigenvalue weighted by molar-refractivity contribution is 5.87. The van der Waals surface area contributed by atoms with E-state index < -0.39 is 5.63 Å². The van der Waals surface area contributed by atoms with Gasteiger partial charge in [0.25, 0.3) is 0 Å². The van der Waals surface area contributed by atoms with E-state index in [1.165, 1.54) is 6.07 Å². The Morgan fingerprint density at radius 1 is 1.23 bits per heavy atom. The number of aryl methyl sites for hydroxylation is 1. The number of benzene rings is 1. The zero-order valence-electron chi connectivity index (χ0n) is 18.3. The van der Waals surface area contributed by atoms with Crippen LogP contribution in [0.1, 0.15) is 67.8 Å². The summed E-state index contributed by atoms with van der Waals surface area (Å²) in [4.78, 5) is 32.4. The minimum absolute atomic E-state index is 0.0142. The van der Waals surface area contributed by atoms with E-state index in [2.05, 4.69) is 13.8 Å². The zero-order valence-corrected chi connectivity index (χ0v) is 18.3. The maximum atomic E-state index is 13.5. The van der Waals surface area contributed by atoms with Crippen molar-refractivity contribution in [2.24, 2.45) is 5.92 Å². The molecule has 3 aromatic rings. The van der Waals surface area contributed by atoms with Crippen molar-refractivity contribution in [2.75, 3.05) is 6.54 Å². The van der Waals surface area contributed by atoms with Crippen LogP contribution in [-0.4, -0.2) is 32.1 Å². The highest BCUT2D eigenvalue weighted by atomic mass is 16.4. The molecule has 1 aliphatic carbocycles. The second-order valence-electron chi connectivity index (χ2n) is 9.33. The van der Waals surface area contributed by atoms with Crippen molar-refractivity contribution < 1.29 is 9.21 Å². The van der Waals surface area contributed by atoms with Crippen molar-refractivity contribution in [3.8, 4) is 0 Å². The van der Waals surface area contributed by atoms with Gasteiger partial charge in [0.15, 0.2) is 5.82 Å². The summed E-state index contributed by atoms with van der Waals surface area (Å²) >= 11 is 0. The van der Waals surface area contributed by atoms with Crippen LogP contribution >= 0.6 is 0 Å². The quantitative estimate of drug-likeness (QED) is 0.587. The van der Waals surface area contributed by atoms with Crippen molar-refractivity contribution >= 4 is 16.9 Å². The number of carbonyl (C=O) groups excluding carboxylic acids is 1. The third-order valence-corrected chi connectivity index (χ3v) is 6.23. The number of amides is 1. The molecule has 7 nitrogen and oxygen atoms in total. The molecule has 7 heteroatoms. The molecular weight excluding hydrogens is 392 g/mol. The Balaban J connectivity index is 1.46. The molecule has 1 atom stereocenters. The van der Waals surface area contributed by atoms with Crippen molar-refractivity contribution in [1.29, 1.82) is 0 Å². The van der Waals surface area contributed by atoms with Gasteiger partial charge in [-0.05, 0) is 49.3 Å². The Bertz CT molecular complexity index is 1210. The fourth-order valence-corrected chi connectivity index (χ4v) is 4.52. The molecule has 2 aliphatic rings. The van der Waals surface area contributed by atoms with Gasteiger partial charge in [0.1, 0.15) is 11.4 Å². The van der Waals surface area contributed by atoms with E-state index in [4.69, 9.17) is 14.5 Å². The second kappa shape index (κ2) is 7.62. The molecule has 3 heterocycles. The predicted molar refractivity (Wildman–Crippen MR) is 117 cm³/mol. The van der Waals surface area contributed by atoms with Crippen LogP contribution in [0.3, 0.4) is 0 Å². The lowest BCUT2D eigenvalue weighted by molar-refractivity contribution is -0.134. The van der Waals surface area contributed by atoms with Gasteiger partial charge in [0.05, 0.1) is 19.0 Å². The summed E-state index contributed by atoms with van der Waals surface area (Å²) in [6.07, 6.45) is 3.32. The molecule has 1 saturated carbocycles. The summed E-state index contributed by atoms with van der Waals surface area (Å²) in [5.41, 5.74) is 1.83. The molecule has 1 fully saturated rings. The Morgan fingerprint density at radius 2 is 2.03 bits per heavy atom. The maximum absolute atomic E-state index is 13.5. The minimum atomic E-state index is -0.424. The van der Waals surface area contributed by atoms with Gasteiger partial charge >= 0.3 is 5.63 Å². The summed E-state index contributed by atoms with van der Waals surface area (Å²) < 4.78 is 7.36. The first-order valence-electron chi connectivity index (χ1n) is 11.2. The lowest BCUT2D eigenvalue weighted by atomic mass is 9.98. The van der Waals surface area contributed by atoms with Gasteiger partial charge in [-0.3, -0.25) is 4.79 Å². The molecule has 5 rings (SSSR count). The largest absolute Gasteiger partial charge is 0.423 e. The molecule has 0 saturated heterocycles. The van der Waals surface area contributed by atoms with Gasteiger partial charge in [-0.2, -0.15) is 5.10 Å². The third-order valence-electron chi connectivity index (χ3n) is 6.23. The molecule has 2 aromatic heterocycles. The Kier molecular flexibility index (Phi) is 4.91. The molecular formula is C24H28N4O3. The van der Waals surface area contributed by atoms with Crippen LogP contribution in [0, 0.1) is 12.8 Å². The Labute approximate surface area is 181 Å². The monoisotopic (exact) mass is 420 g/mol. The first-order chi connectivity index (χ1) is 14.9. The van der Waals surface area contributed by atoms with Gasteiger partial charge in [-0.25, -0.2) is 14.5 Å². The van der Waals surface area contributed by atoms with E-state index in [-0.39, 0.29) is 18.4 Å².